The Kier molecular flexibility index (Phi) is 3.11. The molecule has 0 saturated heterocycles. The van der Waals surface area contributed by atoms with E-state index in [1.54, 1.807) is 22.9 Å². The molecule has 0 spiro atoms. The van der Waals surface area contributed by atoms with Gasteiger partial charge in [0.05, 0.1) is 12.5 Å². The summed E-state index contributed by atoms with van der Waals surface area (Å²) in [5, 5.41) is 9.39. The number of carbonyl (C=O) groups excluding carboxylic acids is 2. The monoisotopic (exact) mass is 315 g/mol. The number of rotatable bonds is 3. The number of nitrogens with one attached hydrogen (secondary N) is 2. The number of hydrogen-bond acceptors (Lipinski definition) is 6. The fourth-order valence-electron chi connectivity index (χ4n) is 2.57. The first-order valence-electron chi connectivity index (χ1n) is 7.07. The van der Waals surface area contributed by atoms with Crippen LogP contribution in [0.15, 0.2) is 24.5 Å². The molecule has 2 N–H and O–H groups in total. The maximum atomic E-state index is 12.2. The summed E-state index contributed by atoms with van der Waals surface area (Å²) in [7, 11) is 0. The molecular weight excluding hydrogens is 302 g/mol. The third kappa shape index (κ3) is 2.56. The number of carbonyl (C=O) groups is 2. The van der Waals surface area contributed by atoms with Crippen LogP contribution in [0.5, 0.6) is 11.5 Å². The molecule has 0 unspecified atom stereocenters. The number of aromatic nitrogens is 3. The summed E-state index contributed by atoms with van der Waals surface area (Å²) in [4.78, 5) is 28.1. The van der Waals surface area contributed by atoms with Crippen molar-refractivity contribution in [3.8, 4) is 11.5 Å². The van der Waals surface area contributed by atoms with E-state index in [1.165, 1.54) is 6.33 Å². The Balaban J connectivity index is 1.41. The SMILES string of the molecule is O=C(C[C@H]1Cn2ncnc2NC1=O)Nc1ccc2c(c1)OCO2. The molecule has 9 nitrogen and oxygen atoms in total. The van der Waals surface area contributed by atoms with Crippen molar-refractivity contribution in [2.45, 2.75) is 13.0 Å². The first kappa shape index (κ1) is 13.6. The number of anilines is 2. The Morgan fingerprint density at radius 3 is 3.17 bits per heavy atom. The number of amides is 2. The first-order valence-corrected chi connectivity index (χ1v) is 7.07. The van der Waals surface area contributed by atoms with E-state index in [4.69, 9.17) is 9.47 Å². The van der Waals surface area contributed by atoms with Crippen LogP contribution < -0.4 is 20.1 Å². The summed E-state index contributed by atoms with van der Waals surface area (Å²) in [6.45, 7) is 0.505. The zero-order valence-corrected chi connectivity index (χ0v) is 12.0. The van der Waals surface area contributed by atoms with E-state index >= 15 is 0 Å². The van der Waals surface area contributed by atoms with Crippen LogP contribution in [0.2, 0.25) is 0 Å². The zero-order valence-electron chi connectivity index (χ0n) is 12.0. The number of benzene rings is 1. The standard InChI is InChI=1S/C14H13N5O4/c20-12(17-9-1-2-10-11(4-9)23-7-22-10)3-8-5-19-14(15-6-16-19)18-13(8)21/h1-2,4,6,8H,3,5,7H2,(H,17,20)(H,15,16,18,21)/t8-/m0/s1. The van der Waals surface area contributed by atoms with Gasteiger partial charge in [-0.15, -0.1) is 0 Å². The number of ether oxygens (including phenoxy) is 2. The molecule has 2 aromatic rings. The quantitative estimate of drug-likeness (QED) is 0.859. The van der Waals surface area contributed by atoms with Crippen molar-refractivity contribution in [1.82, 2.24) is 14.8 Å². The minimum Gasteiger partial charge on any atom is -0.454 e. The van der Waals surface area contributed by atoms with Crippen LogP contribution in [-0.2, 0) is 16.1 Å². The highest BCUT2D eigenvalue weighted by Gasteiger charge is 2.29. The molecule has 2 amide bonds. The molecule has 1 aromatic carbocycles. The first-order chi connectivity index (χ1) is 11.2. The van der Waals surface area contributed by atoms with E-state index in [2.05, 4.69) is 20.7 Å². The molecule has 0 bridgehead atoms. The second-order valence-electron chi connectivity index (χ2n) is 5.27. The van der Waals surface area contributed by atoms with Crippen LogP contribution in [0.1, 0.15) is 6.42 Å². The zero-order chi connectivity index (χ0) is 15.8. The van der Waals surface area contributed by atoms with Crippen LogP contribution in [-0.4, -0.2) is 33.4 Å². The molecule has 0 saturated carbocycles. The molecule has 1 atom stereocenters. The van der Waals surface area contributed by atoms with Crippen LogP contribution in [0.25, 0.3) is 0 Å². The third-order valence-electron chi connectivity index (χ3n) is 3.70. The molecule has 0 fully saturated rings. The van der Waals surface area contributed by atoms with Gasteiger partial charge in [0.2, 0.25) is 24.6 Å². The molecular formula is C14H13N5O4. The lowest BCUT2D eigenvalue weighted by atomic mass is 10.0. The normalized spacial score (nSPS) is 18.3. The molecule has 3 heterocycles. The Labute approximate surface area is 130 Å². The highest BCUT2D eigenvalue weighted by Crippen LogP contribution is 2.34. The molecule has 0 radical (unpaired) electrons. The second-order valence-corrected chi connectivity index (χ2v) is 5.27. The lowest BCUT2D eigenvalue weighted by Gasteiger charge is -2.21. The Bertz CT molecular complexity index is 787. The largest absolute Gasteiger partial charge is 0.454 e. The molecule has 4 rings (SSSR count). The van der Waals surface area contributed by atoms with Gasteiger partial charge in [-0.25, -0.2) is 4.68 Å². The van der Waals surface area contributed by atoms with Crippen molar-refractivity contribution < 1.29 is 19.1 Å². The fourth-order valence-corrected chi connectivity index (χ4v) is 2.57. The van der Waals surface area contributed by atoms with Gasteiger partial charge in [0.25, 0.3) is 0 Å². The van der Waals surface area contributed by atoms with E-state index in [0.717, 1.165) is 0 Å². The maximum Gasteiger partial charge on any atom is 0.232 e. The molecule has 0 aliphatic carbocycles. The highest BCUT2D eigenvalue weighted by molar-refractivity contribution is 5.98. The minimum absolute atomic E-state index is 0.0551. The summed E-state index contributed by atoms with van der Waals surface area (Å²) in [6.07, 6.45) is 1.42. The van der Waals surface area contributed by atoms with Crippen molar-refractivity contribution in [2.75, 3.05) is 17.4 Å². The van der Waals surface area contributed by atoms with Gasteiger partial charge in [0.1, 0.15) is 6.33 Å². The molecule has 2 aliphatic heterocycles. The van der Waals surface area contributed by atoms with Gasteiger partial charge in [-0.05, 0) is 12.1 Å². The van der Waals surface area contributed by atoms with Crippen molar-refractivity contribution in [3.63, 3.8) is 0 Å². The highest BCUT2D eigenvalue weighted by atomic mass is 16.7. The third-order valence-corrected chi connectivity index (χ3v) is 3.70. The van der Waals surface area contributed by atoms with E-state index in [0.29, 0.717) is 29.7 Å². The summed E-state index contributed by atoms with van der Waals surface area (Å²) < 4.78 is 12.0. The fraction of sp³-hybridized carbons (Fsp3) is 0.286. The summed E-state index contributed by atoms with van der Waals surface area (Å²) in [5.74, 6) is 0.665. The predicted molar refractivity (Wildman–Crippen MR) is 78.0 cm³/mol. The average Bonchev–Trinajstić information content (AvgIpc) is 3.15. The van der Waals surface area contributed by atoms with Crippen LogP contribution >= 0.6 is 0 Å². The lowest BCUT2D eigenvalue weighted by Crippen LogP contribution is -2.36. The van der Waals surface area contributed by atoms with Gasteiger partial charge >= 0.3 is 0 Å². The van der Waals surface area contributed by atoms with Gasteiger partial charge < -0.3 is 14.8 Å². The van der Waals surface area contributed by atoms with Gasteiger partial charge in [-0.2, -0.15) is 10.1 Å². The van der Waals surface area contributed by atoms with Crippen molar-refractivity contribution in [1.29, 1.82) is 0 Å². The molecule has 23 heavy (non-hydrogen) atoms. The van der Waals surface area contributed by atoms with Crippen molar-refractivity contribution in [3.05, 3.63) is 24.5 Å². The number of hydrogen-bond donors (Lipinski definition) is 2. The Hall–Kier alpha value is -3.10. The van der Waals surface area contributed by atoms with E-state index in [-0.39, 0.29) is 25.0 Å². The summed E-state index contributed by atoms with van der Waals surface area (Å²) in [6, 6.07) is 5.14. The molecule has 9 heteroatoms. The Morgan fingerprint density at radius 2 is 2.26 bits per heavy atom. The summed E-state index contributed by atoms with van der Waals surface area (Å²) >= 11 is 0. The Morgan fingerprint density at radius 1 is 1.39 bits per heavy atom. The molecule has 118 valence electrons. The average molecular weight is 315 g/mol. The van der Waals surface area contributed by atoms with Gasteiger partial charge in [-0.3, -0.25) is 14.9 Å². The number of fused-ring (bicyclic) bond motifs is 2. The number of nitrogens with zero attached hydrogens (tertiary/aromatic N) is 3. The summed E-state index contributed by atoms with van der Waals surface area (Å²) in [5.41, 5.74) is 0.594. The van der Waals surface area contributed by atoms with Gasteiger partial charge in [0.15, 0.2) is 11.5 Å². The van der Waals surface area contributed by atoms with Crippen LogP contribution in [0.4, 0.5) is 11.6 Å². The van der Waals surface area contributed by atoms with Gasteiger partial charge in [0, 0.05) is 18.2 Å². The topological polar surface area (TPSA) is 107 Å². The molecule has 2 aliphatic rings. The van der Waals surface area contributed by atoms with E-state index < -0.39 is 5.92 Å². The lowest BCUT2D eigenvalue weighted by molar-refractivity contribution is -0.125. The van der Waals surface area contributed by atoms with Gasteiger partial charge in [-0.1, -0.05) is 0 Å². The van der Waals surface area contributed by atoms with E-state index in [9.17, 15) is 9.59 Å². The predicted octanol–water partition coefficient (Wildman–Crippen LogP) is 0.604. The van der Waals surface area contributed by atoms with Crippen molar-refractivity contribution >= 4 is 23.5 Å². The smallest absolute Gasteiger partial charge is 0.232 e. The maximum absolute atomic E-state index is 12.2. The van der Waals surface area contributed by atoms with Crippen LogP contribution in [0, 0.1) is 5.92 Å². The van der Waals surface area contributed by atoms with Crippen LogP contribution in [0.3, 0.4) is 0 Å². The molecule has 1 aromatic heterocycles. The van der Waals surface area contributed by atoms with E-state index in [1.807, 2.05) is 0 Å². The van der Waals surface area contributed by atoms with Crippen molar-refractivity contribution in [2.24, 2.45) is 5.92 Å². The second kappa shape index (κ2) is 5.27. The minimum atomic E-state index is -0.488.